The second-order valence-electron chi connectivity index (χ2n) is 13.1. The molecule has 4 atom stereocenters. The molecule has 2 aliphatic heterocycles. The molecule has 4 aliphatic rings. The Kier molecular flexibility index (Phi) is 8.31. The third-order valence-corrected chi connectivity index (χ3v) is 10.3. The van der Waals surface area contributed by atoms with E-state index in [0.717, 1.165) is 50.1 Å². The van der Waals surface area contributed by atoms with Gasteiger partial charge >= 0.3 is 0 Å². The minimum Gasteiger partial charge on any atom is -0.325 e. The van der Waals surface area contributed by atoms with Crippen LogP contribution in [0, 0.1) is 0 Å². The summed E-state index contributed by atoms with van der Waals surface area (Å²) in [5.41, 5.74) is 7.19. The van der Waals surface area contributed by atoms with Gasteiger partial charge in [-0.1, -0.05) is 67.8 Å². The SMILES string of the molecule is O=C(Nc1ccc(C2C(c3ccc(NC(=O)[C@@H]4CCCN4)cc3)C2c2ccc(C3CCCCC3)cc2)cc1)[C@@H]1CCCN1.[HH].[HH].[HH].[HH]. The molecule has 7 rings (SSSR count). The average Bonchev–Trinajstić information content (AvgIpc) is 3.40. The molecular formula is C37H52N4O2. The summed E-state index contributed by atoms with van der Waals surface area (Å²) in [4.78, 5) is 25.3. The number of carbonyl (C=O) groups excluding carboxylic acids is 2. The topological polar surface area (TPSA) is 82.3 Å². The summed E-state index contributed by atoms with van der Waals surface area (Å²) >= 11 is 0. The fourth-order valence-electron chi connectivity index (χ4n) is 7.83. The molecule has 6 heteroatoms. The van der Waals surface area contributed by atoms with E-state index in [-0.39, 0.29) is 29.6 Å². The predicted octanol–water partition coefficient (Wildman–Crippen LogP) is 7.76. The van der Waals surface area contributed by atoms with E-state index in [1.807, 2.05) is 0 Å². The molecule has 6 nitrogen and oxygen atoms in total. The Balaban J connectivity index is 0.00000150. The summed E-state index contributed by atoms with van der Waals surface area (Å²) in [5.74, 6) is 1.95. The van der Waals surface area contributed by atoms with Crippen molar-refractivity contribution in [1.29, 1.82) is 0 Å². The number of rotatable bonds is 8. The van der Waals surface area contributed by atoms with Crippen LogP contribution in [0.15, 0.2) is 72.8 Å². The van der Waals surface area contributed by atoms with Crippen molar-refractivity contribution >= 4 is 23.2 Å². The zero-order chi connectivity index (χ0) is 29.2. The van der Waals surface area contributed by atoms with Gasteiger partial charge in [0.1, 0.15) is 0 Å². The van der Waals surface area contributed by atoms with Crippen molar-refractivity contribution in [2.75, 3.05) is 23.7 Å². The molecule has 2 amide bonds. The van der Waals surface area contributed by atoms with Crippen LogP contribution in [0.5, 0.6) is 0 Å². The fourth-order valence-corrected chi connectivity index (χ4v) is 7.83. The first-order chi connectivity index (χ1) is 21.1. The van der Waals surface area contributed by atoms with Crippen molar-refractivity contribution in [3.8, 4) is 0 Å². The van der Waals surface area contributed by atoms with Crippen LogP contribution in [0.25, 0.3) is 0 Å². The minimum atomic E-state index is -0.0874. The van der Waals surface area contributed by atoms with E-state index in [2.05, 4.69) is 94.1 Å². The number of nitrogens with one attached hydrogen (secondary N) is 4. The van der Waals surface area contributed by atoms with Crippen molar-refractivity contribution in [2.45, 2.75) is 93.5 Å². The lowest BCUT2D eigenvalue weighted by Gasteiger charge is -2.22. The molecule has 0 spiro atoms. The van der Waals surface area contributed by atoms with Gasteiger partial charge in [-0.05, 0) is 122 Å². The highest BCUT2D eigenvalue weighted by atomic mass is 16.2. The van der Waals surface area contributed by atoms with Crippen molar-refractivity contribution in [2.24, 2.45) is 0 Å². The van der Waals surface area contributed by atoms with Gasteiger partial charge in [0, 0.05) is 17.1 Å². The number of hydrogen-bond donors (Lipinski definition) is 4. The Morgan fingerprint density at radius 3 is 1.30 bits per heavy atom. The van der Waals surface area contributed by atoms with Gasteiger partial charge in [0.15, 0.2) is 0 Å². The van der Waals surface area contributed by atoms with Gasteiger partial charge in [0.2, 0.25) is 11.8 Å². The zero-order valence-electron chi connectivity index (χ0n) is 25.0. The lowest BCUT2D eigenvalue weighted by molar-refractivity contribution is -0.118. The third kappa shape index (κ3) is 6.27. The van der Waals surface area contributed by atoms with Crippen LogP contribution in [0.2, 0.25) is 0 Å². The van der Waals surface area contributed by atoms with Crippen LogP contribution < -0.4 is 21.3 Å². The lowest BCUT2D eigenvalue weighted by atomic mass is 9.83. The Morgan fingerprint density at radius 2 is 0.907 bits per heavy atom. The molecule has 232 valence electrons. The van der Waals surface area contributed by atoms with E-state index in [1.165, 1.54) is 54.4 Å². The molecule has 3 aromatic rings. The number of carbonyl (C=O) groups is 2. The number of anilines is 2. The fraction of sp³-hybridized carbons (Fsp3) is 0.459. The van der Waals surface area contributed by atoms with Crippen LogP contribution in [0.4, 0.5) is 11.4 Å². The number of benzene rings is 3. The van der Waals surface area contributed by atoms with Crippen molar-refractivity contribution in [3.63, 3.8) is 0 Å². The summed E-state index contributed by atoms with van der Waals surface area (Å²) < 4.78 is 0. The van der Waals surface area contributed by atoms with Gasteiger partial charge < -0.3 is 21.3 Å². The second-order valence-corrected chi connectivity index (χ2v) is 13.1. The van der Waals surface area contributed by atoms with Gasteiger partial charge in [-0.3, -0.25) is 9.59 Å². The summed E-state index contributed by atoms with van der Waals surface area (Å²) in [5, 5.41) is 12.7. The van der Waals surface area contributed by atoms with Gasteiger partial charge in [0.05, 0.1) is 12.1 Å². The molecule has 0 bridgehead atoms. The maximum Gasteiger partial charge on any atom is 0.241 e. The first-order valence-corrected chi connectivity index (χ1v) is 16.5. The Hall–Kier alpha value is -3.48. The van der Waals surface area contributed by atoms with Gasteiger partial charge in [0.25, 0.3) is 0 Å². The molecule has 2 unspecified atom stereocenters. The Bertz CT molecular complexity index is 1340. The first-order valence-electron chi connectivity index (χ1n) is 16.5. The third-order valence-electron chi connectivity index (χ3n) is 10.3. The first kappa shape index (κ1) is 28.3. The van der Waals surface area contributed by atoms with Crippen LogP contribution >= 0.6 is 0 Å². The molecule has 4 N–H and O–H groups in total. The maximum atomic E-state index is 12.6. The highest BCUT2D eigenvalue weighted by Crippen LogP contribution is 2.66. The zero-order valence-corrected chi connectivity index (χ0v) is 25.0. The monoisotopic (exact) mass is 584 g/mol. The van der Waals surface area contributed by atoms with Gasteiger partial charge in [-0.15, -0.1) is 0 Å². The van der Waals surface area contributed by atoms with E-state index in [9.17, 15) is 9.59 Å². The van der Waals surface area contributed by atoms with Crippen molar-refractivity contribution < 1.29 is 15.3 Å². The van der Waals surface area contributed by atoms with Gasteiger partial charge in [-0.2, -0.15) is 0 Å². The van der Waals surface area contributed by atoms with Crippen LogP contribution in [-0.4, -0.2) is 37.0 Å². The Labute approximate surface area is 261 Å². The van der Waals surface area contributed by atoms with Crippen molar-refractivity contribution in [3.05, 3.63) is 95.1 Å². The highest BCUT2D eigenvalue weighted by Gasteiger charge is 2.52. The molecule has 0 radical (unpaired) electrons. The van der Waals surface area contributed by atoms with Crippen LogP contribution in [0.1, 0.15) is 109 Å². The molecule has 2 aliphatic carbocycles. The van der Waals surface area contributed by atoms with E-state index >= 15 is 0 Å². The van der Waals surface area contributed by atoms with E-state index < -0.39 is 0 Å². The summed E-state index contributed by atoms with van der Waals surface area (Å²) in [6, 6.07) is 26.3. The molecule has 2 saturated carbocycles. The molecule has 43 heavy (non-hydrogen) atoms. The summed E-state index contributed by atoms with van der Waals surface area (Å²) in [6.45, 7) is 1.82. The van der Waals surface area contributed by atoms with Gasteiger partial charge in [-0.25, -0.2) is 0 Å². The van der Waals surface area contributed by atoms with Crippen molar-refractivity contribution in [1.82, 2.24) is 10.6 Å². The highest BCUT2D eigenvalue weighted by molar-refractivity contribution is 5.95. The van der Waals surface area contributed by atoms with Crippen LogP contribution in [0.3, 0.4) is 0 Å². The normalized spacial score (nSPS) is 27.1. The predicted molar refractivity (Wildman–Crippen MR) is 181 cm³/mol. The molecule has 4 fully saturated rings. The number of amides is 2. The van der Waals surface area contributed by atoms with E-state index in [0.29, 0.717) is 23.7 Å². The van der Waals surface area contributed by atoms with Crippen LogP contribution in [-0.2, 0) is 9.59 Å². The summed E-state index contributed by atoms with van der Waals surface area (Å²) in [7, 11) is 0. The van der Waals surface area contributed by atoms with E-state index in [4.69, 9.17) is 0 Å². The summed E-state index contributed by atoms with van der Waals surface area (Å²) in [6.07, 6.45) is 10.6. The second kappa shape index (κ2) is 12.6. The quantitative estimate of drug-likeness (QED) is 0.218. The van der Waals surface area contributed by atoms with E-state index in [1.54, 1.807) is 0 Å². The molecular weight excluding hydrogens is 532 g/mol. The molecule has 3 aromatic carbocycles. The molecule has 2 saturated heterocycles. The molecule has 2 heterocycles. The Morgan fingerprint density at radius 1 is 0.512 bits per heavy atom. The largest absolute Gasteiger partial charge is 0.325 e. The maximum absolute atomic E-state index is 12.6. The minimum absolute atomic E-state index is 0. The average molecular weight is 585 g/mol. The smallest absolute Gasteiger partial charge is 0.241 e. The standard InChI is InChI=1S/C37H44N4O2.4H2/c42-36(31-8-4-22-38-31)40-29-18-14-27(15-19-29)34-33(26-12-10-25(11-13-26)24-6-2-1-3-7-24)35(34)28-16-20-30(21-17-28)41-37(43)32-9-5-23-39-32;;;;/h10-21,24,31-35,38-39H,1-9,22-23H2,(H,40,42)(H,41,43);4*1H/t31-,32-,33?,34?,35?;;;;/m0..../s1. The lowest BCUT2D eigenvalue weighted by Crippen LogP contribution is -2.35. The molecule has 0 aromatic heterocycles. The number of hydrogen-bond acceptors (Lipinski definition) is 4.